The first-order valence-corrected chi connectivity index (χ1v) is 9.96. The summed E-state index contributed by atoms with van der Waals surface area (Å²) in [5.74, 6) is 0.241. The van der Waals surface area contributed by atoms with E-state index in [-0.39, 0.29) is 12.0 Å². The van der Waals surface area contributed by atoms with Gasteiger partial charge in [-0.05, 0) is 25.0 Å². The highest BCUT2D eigenvalue weighted by Gasteiger charge is 2.45. The lowest BCUT2D eigenvalue weighted by atomic mass is 9.73. The largest absolute Gasteiger partial charge is 0.392 e. The van der Waals surface area contributed by atoms with Gasteiger partial charge in [-0.3, -0.25) is 4.79 Å². The molecule has 0 spiro atoms. The molecule has 4 rings (SSSR count). The molecule has 1 amide bonds. The van der Waals surface area contributed by atoms with Gasteiger partial charge in [0, 0.05) is 49.2 Å². The summed E-state index contributed by atoms with van der Waals surface area (Å²) in [6.45, 7) is 2.71. The molecule has 0 unspecified atom stereocenters. The van der Waals surface area contributed by atoms with Crippen LogP contribution in [0.3, 0.4) is 0 Å². The Balaban J connectivity index is 1.46. The topological polar surface area (TPSA) is 51.1 Å². The van der Waals surface area contributed by atoms with Crippen molar-refractivity contribution >= 4 is 27.5 Å². The van der Waals surface area contributed by atoms with E-state index in [9.17, 15) is 4.79 Å². The van der Waals surface area contributed by atoms with Gasteiger partial charge in [0.2, 0.25) is 5.91 Å². The average Bonchev–Trinajstić information content (AvgIpc) is 3.34. The summed E-state index contributed by atoms with van der Waals surface area (Å²) in [5.41, 5.74) is 1.63. The molecule has 0 saturated carbocycles. The summed E-state index contributed by atoms with van der Waals surface area (Å²) in [6.07, 6.45) is 7.03. The predicted octanol–water partition coefficient (Wildman–Crippen LogP) is 3.53. The minimum atomic E-state index is -0.392. The SMILES string of the molecule is O=C(N1CC=CC1)C1(C[C@@H]2CC(c3cccc(Br)c3)=NO2)CCOCC1. The number of amides is 1. The predicted molar refractivity (Wildman–Crippen MR) is 103 cm³/mol. The zero-order valence-corrected chi connectivity index (χ0v) is 16.3. The van der Waals surface area contributed by atoms with Gasteiger partial charge in [0.05, 0.1) is 11.1 Å². The van der Waals surface area contributed by atoms with Crippen molar-refractivity contribution in [3.05, 3.63) is 46.5 Å². The van der Waals surface area contributed by atoms with E-state index in [4.69, 9.17) is 9.57 Å². The first-order chi connectivity index (χ1) is 12.7. The molecule has 1 saturated heterocycles. The number of benzene rings is 1. The number of carbonyl (C=O) groups is 1. The van der Waals surface area contributed by atoms with Crippen molar-refractivity contribution in [2.75, 3.05) is 26.3 Å². The van der Waals surface area contributed by atoms with Crippen LogP contribution in [0.15, 0.2) is 46.0 Å². The molecule has 6 heteroatoms. The summed E-state index contributed by atoms with van der Waals surface area (Å²) in [6, 6.07) is 8.09. The zero-order valence-electron chi connectivity index (χ0n) is 14.7. The minimum absolute atomic E-state index is 0.0541. The number of hydrogen-bond acceptors (Lipinski definition) is 4. The summed E-state index contributed by atoms with van der Waals surface area (Å²) >= 11 is 3.50. The van der Waals surface area contributed by atoms with Crippen LogP contribution in [0, 0.1) is 5.41 Å². The number of hydrogen-bond donors (Lipinski definition) is 0. The molecule has 3 heterocycles. The smallest absolute Gasteiger partial charge is 0.229 e. The normalized spacial score (nSPS) is 24.4. The molecule has 1 fully saturated rings. The fourth-order valence-electron chi connectivity index (χ4n) is 4.06. The van der Waals surface area contributed by atoms with Crippen LogP contribution in [-0.2, 0) is 14.4 Å². The third-order valence-corrected chi connectivity index (χ3v) is 6.01. The Hall–Kier alpha value is -1.66. The van der Waals surface area contributed by atoms with Crippen molar-refractivity contribution in [1.82, 2.24) is 4.90 Å². The quantitative estimate of drug-likeness (QED) is 0.702. The van der Waals surface area contributed by atoms with E-state index in [1.54, 1.807) is 0 Å². The van der Waals surface area contributed by atoms with E-state index in [1.807, 2.05) is 23.1 Å². The van der Waals surface area contributed by atoms with Crippen molar-refractivity contribution in [3.8, 4) is 0 Å². The lowest BCUT2D eigenvalue weighted by Crippen LogP contribution is -2.47. The van der Waals surface area contributed by atoms with E-state index in [2.05, 4.69) is 39.3 Å². The van der Waals surface area contributed by atoms with Gasteiger partial charge in [0.15, 0.2) is 0 Å². The second-order valence-electron chi connectivity index (χ2n) is 7.26. The summed E-state index contributed by atoms with van der Waals surface area (Å²) in [7, 11) is 0. The molecule has 0 aliphatic carbocycles. The maximum absolute atomic E-state index is 13.2. The van der Waals surface area contributed by atoms with Gasteiger partial charge >= 0.3 is 0 Å². The number of halogens is 1. The van der Waals surface area contributed by atoms with Crippen LogP contribution in [0.1, 0.15) is 31.2 Å². The number of oxime groups is 1. The van der Waals surface area contributed by atoms with Crippen LogP contribution in [-0.4, -0.2) is 48.9 Å². The van der Waals surface area contributed by atoms with Gasteiger partial charge in [-0.1, -0.05) is 45.4 Å². The fraction of sp³-hybridized carbons (Fsp3) is 0.500. The lowest BCUT2D eigenvalue weighted by Gasteiger charge is -2.39. The van der Waals surface area contributed by atoms with Crippen molar-refractivity contribution in [2.45, 2.75) is 31.8 Å². The minimum Gasteiger partial charge on any atom is -0.392 e. The van der Waals surface area contributed by atoms with Crippen LogP contribution in [0.25, 0.3) is 0 Å². The monoisotopic (exact) mass is 418 g/mol. The van der Waals surface area contributed by atoms with Crippen molar-refractivity contribution < 1.29 is 14.4 Å². The van der Waals surface area contributed by atoms with Crippen LogP contribution < -0.4 is 0 Å². The van der Waals surface area contributed by atoms with Gasteiger partial charge in [-0.15, -0.1) is 0 Å². The Morgan fingerprint density at radius 1 is 1.27 bits per heavy atom. The Bertz CT molecular complexity index is 732. The van der Waals surface area contributed by atoms with Gasteiger partial charge in [0.25, 0.3) is 0 Å². The zero-order chi connectivity index (χ0) is 18.0. The summed E-state index contributed by atoms with van der Waals surface area (Å²) in [4.78, 5) is 20.9. The highest BCUT2D eigenvalue weighted by Crippen LogP contribution is 2.40. The standard InChI is InChI=1S/C20H23BrN2O3/c21-16-5-3-4-15(12-16)18-13-17(26-22-18)14-20(6-10-25-11-7-20)19(24)23-8-1-2-9-23/h1-5,12,17H,6-11,13-14H2/t17-/m0/s1. The molecular weight excluding hydrogens is 396 g/mol. The summed E-state index contributed by atoms with van der Waals surface area (Å²) < 4.78 is 6.57. The van der Waals surface area contributed by atoms with Gasteiger partial charge in [-0.25, -0.2) is 0 Å². The highest BCUT2D eigenvalue weighted by atomic mass is 79.9. The van der Waals surface area contributed by atoms with Crippen LogP contribution in [0.2, 0.25) is 0 Å². The molecule has 3 aliphatic heterocycles. The summed E-state index contributed by atoms with van der Waals surface area (Å²) in [5, 5.41) is 4.31. The maximum Gasteiger partial charge on any atom is 0.229 e. The lowest BCUT2D eigenvalue weighted by molar-refractivity contribution is -0.150. The molecule has 138 valence electrons. The molecule has 5 nitrogen and oxygen atoms in total. The van der Waals surface area contributed by atoms with Crippen molar-refractivity contribution in [3.63, 3.8) is 0 Å². The number of rotatable bonds is 4. The Kier molecular flexibility index (Phi) is 5.14. The van der Waals surface area contributed by atoms with Crippen LogP contribution >= 0.6 is 15.9 Å². The Morgan fingerprint density at radius 3 is 2.77 bits per heavy atom. The molecule has 0 bridgehead atoms. The number of carbonyl (C=O) groups excluding carboxylic acids is 1. The molecule has 3 aliphatic rings. The number of ether oxygens (including phenoxy) is 1. The molecule has 0 aromatic heterocycles. The second kappa shape index (κ2) is 7.53. The Morgan fingerprint density at radius 2 is 2.04 bits per heavy atom. The molecule has 0 N–H and O–H groups in total. The van der Waals surface area contributed by atoms with E-state index in [0.29, 0.717) is 32.7 Å². The highest BCUT2D eigenvalue weighted by molar-refractivity contribution is 9.10. The molecular formula is C20H23BrN2O3. The molecule has 1 aromatic carbocycles. The maximum atomic E-state index is 13.2. The van der Waals surface area contributed by atoms with E-state index >= 15 is 0 Å². The average molecular weight is 419 g/mol. The molecule has 1 atom stereocenters. The third kappa shape index (κ3) is 3.58. The van der Waals surface area contributed by atoms with E-state index < -0.39 is 5.41 Å². The Labute approximate surface area is 162 Å². The van der Waals surface area contributed by atoms with Gasteiger partial charge in [0.1, 0.15) is 6.10 Å². The van der Waals surface area contributed by atoms with E-state index in [0.717, 1.165) is 35.0 Å². The van der Waals surface area contributed by atoms with Gasteiger partial charge in [-0.2, -0.15) is 0 Å². The van der Waals surface area contributed by atoms with Crippen molar-refractivity contribution in [1.29, 1.82) is 0 Å². The molecule has 0 radical (unpaired) electrons. The van der Waals surface area contributed by atoms with Gasteiger partial charge < -0.3 is 14.5 Å². The first-order valence-electron chi connectivity index (χ1n) is 9.17. The second-order valence-corrected chi connectivity index (χ2v) is 8.17. The van der Waals surface area contributed by atoms with E-state index in [1.165, 1.54) is 0 Å². The number of nitrogens with zero attached hydrogens (tertiary/aromatic N) is 2. The molecule has 26 heavy (non-hydrogen) atoms. The van der Waals surface area contributed by atoms with Crippen LogP contribution in [0.4, 0.5) is 0 Å². The van der Waals surface area contributed by atoms with Crippen LogP contribution in [0.5, 0.6) is 0 Å². The fourth-order valence-corrected chi connectivity index (χ4v) is 4.46. The first kappa shape index (κ1) is 17.7. The molecule has 1 aromatic rings. The van der Waals surface area contributed by atoms with Crippen molar-refractivity contribution in [2.24, 2.45) is 10.6 Å². The third-order valence-electron chi connectivity index (χ3n) is 5.52.